The lowest BCUT2D eigenvalue weighted by Crippen LogP contribution is -2.03. The maximum atomic E-state index is 5.29. The molecule has 0 unspecified atom stereocenters. The quantitative estimate of drug-likeness (QED) is 0.430. The summed E-state index contributed by atoms with van der Waals surface area (Å²) in [5.41, 5.74) is 0.742. The summed E-state index contributed by atoms with van der Waals surface area (Å²) in [4.78, 5) is 16.2. The Balaban J connectivity index is 1.50. The Bertz CT molecular complexity index is 882. The predicted octanol–water partition coefficient (Wildman–Crippen LogP) is 1.46. The average Bonchev–Trinajstić information content (AvgIpc) is 3.30. The van der Waals surface area contributed by atoms with Gasteiger partial charge in [-0.3, -0.25) is 10.4 Å². The number of hydrogen-bond donors (Lipinski definition) is 4. The molecule has 4 N–H and O–H groups in total. The van der Waals surface area contributed by atoms with E-state index in [2.05, 4.69) is 51.0 Å². The Morgan fingerprint density at radius 1 is 1.00 bits per heavy atom. The third kappa shape index (κ3) is 2.83. The summed E-state index contributed by atoms with van der Waals surface area (Å²) in [5.74, 6) is 2.32. The predicted molar refractivity (Wildman–Crippen MR) is 79.1 cm³/mol. The Labute approximate surface area is 128 Å². The Morgan fingerprint density at radius 3 is 2.70 bits per heavy atom. The minimum Gasteiger partial charge on any atom is -0.463 e. The van der Waals surface area contributed by atoms with E-state index in [0.717, 1.165) is 5.69 Å². The number of H-pyrrole nitrogens is 2. The van der Waals surface area contributed by atoms with Crippen molar-refractivity contribution in [3.8, 4) is 11.5 Å². The van der Waals surface area contributed by atoms with E-state index in [1.807, 2.05) is 6.07 Å². The highest BCUT2D eigenvalue weighted by molar-refractivity contribution is 5.60. The van der Waals surface area contributed by atoms with Gasteiger partial charge in [-0.1, -0.05) is 0 Å². The molecule has 0 amide bonds. The van der Waals surface area contributed by atoms with Gasteiger partial charge in [0.2, 0.25) is 17.8 Å². The van der Waals surface area contributed by atoms with Crippen LogP contribution in [-0.4, -0.2) is 40.3 Å². The van der Waals surface area contributed by atoms with Crippen LogP contribution in [0.15, 0.2) is 41.5 Å². The van der Waals surface area contributed by atoms with Crippen LogP contribution < -0.4 is 10.6 Å². The van der Waals surface area contributed by atoms with Crippen molar-refractivity contribution in [1.29, 1.82) is 0 Å². The van der Waals surface area contributed by atoms with Crippen LogP contribution >= 0.6 is 0 Å². The Morgan fingerprint density at radius 2 is 1.91 bits per heavy atom. The van der Waals surface area contributed by atoms with Crippen molar-refractivity contribution >= 4 is 23.7 Å². The Kier molecular flexibility index (Phi) is 3.13. The molecule has 0 fully saturated rings. The fourth-order valence-electron chi connectivity index (χ4n) is 1.85. The number of hydrogen-bond acceptors (Lipinski definition) is 9. The van der Waals surface area contributed by atoms with E-state index >= 15 is 0 Å². The third-order valence-electron chi connectivity index (χ3n) is 2.82. The van der Waals surface area contributed by atoms with Crippen LogP contribution in [-0.2, 0) is 0 Å². The van der Waals surface area contributed by atoms with Crippen molar-refractivity contribution in [1.82, 2.24) is 40.3 Å². The molecule has 0 radical (unpaired) electrons. The molecule has 4 rings (SSSR count). The highest BCUT2D eigenvalue weighted by Gasteiger charge is 2.08. The second-order valence-electron chi connectivity index (χ2n) is 4.36. The number of aromatic amines is 2. The molecule has 0 aliphatic carbocycles. The van der Waals surface area contributed by atoms with E-state index in [1.165, 1.54) is 12.7 Å². The van der Waals surface area contributed by atoms with E-state index in [1.54, 1.807) is 18.4 Å². The van der Waals surface area contributed by atoms with Crippen molar-refractivity contribution in [3.63, 3.8) is 0 Å². The summed E-state index contributed by atoms with van der Waals surface area (Å²) >= 11 is 0. The van der Waals surface area contributed by atoms with Crippen molar-refractivity contribution < 1.29 is 4.42 Å². The largest absolute Gasteiger partial charge is 0.463 e. The van der Waals surface area contributed by atoms with Gasteiger partial charge in [0.25, 0.3) is 0 Å². The van der Waals surface area contributed by atoms with Gasteiger partial charge in [0.05, 0.1) is 6.26 Å². The summed E-state index contributed by atoms with van der Waals surface area (Å²) in [7, 11) is 0. The van der Waals surface area contributed by atoms with Gasteiger partial charge in [-0.05, 0) is 12.1 Å². The summed E-state index contributed by atoms with van der Waals surface area (Å²) in [5, 5.41) is 19.2. The van der Waals surface area contributed by atoms with Gasteiger partial charge in [0, 0.05) is 6.07 Å². The average molecular weight is 310 g/mol. The number of nitrogens with zero attached hydrogens (tertiary/aromatic N) is 6. The van der Waals surface area contributed by atoms with Crippen LogP contribution in [0.25, 0.3) is 11.5 Å². The SMILES string of the molecule is c1coc(-c2cc(Nc3ncnc(Nc4ncn[nH]4)n3)n[nH]2)c1. The van der Waals surface area contributed by atoms with Crippen molar-refractivity contribution in [3.05, 3.63) is 37.1 Å². The lowest BCUT2D eigenvalue weighted by atomic mass is 10.3. The van der Waals surface area contributed by atoms with E-state index in [9.17, 15) is 0 Å². The molecule has 4 aromatic heterocycles. The minimum atomic E-state index is 0.320. The zero-order valence-corrected chi connectivity index (χ0v) is 11.6. The molecule has 11 heteroatoms. The van der Waals surface area contributed by atoms with E-state index in [0.29, 0.717) is 29.4 Å². The van der Waals surface area contributed by atoms with E-state index < -0.39 is 0 Å². The molecule has 0 saturated carbocycles. The normalized spacial score (nSPS) is 10.6. The topological polar surface area (TPSA) is 146 Å². The van der Waals surface area contributed by atoms with Gasteiger partial charge in [-0.2, -0.15) is 20.2 Å². The smallest absolute Gasteiger partial charge is 0.234 e. The fourth-order valence-corrected chi connectivity index (χ4v) is 1.85. The maximum Gasteiger partial charge on any atom is 0.234 e. The molecule has 114 valence electrons. The Hall–Kier alpha value is -3.76. The molecule has 4 aromatic rings. The molecular weight excluding hydrogens is 300 g/mol. The summed E-state index contributed by atoms with van der Waals surface area (Å²) in [6.45, 7) is 0. The number of aromatic nitrogens is 8. The monoisotopic (exact) mass is 310 g/mol. The molecule has 0 saturated heterocycles. The molecule has 0 aliphatic rings. The molecule has 4 heterocycles. The van der Waals surface area contributed by atoms with Crippen LogP contribution in [0.2, 0.25) is 0 Å². The zero-order valence-electron chi connectivity index (χ0n) is 11.6. The summed E-state index contributed by atoms with van der Waals surface area (Å²) in [6.07, 6.45) is 4.34. The molecule has 11 nitrogen and oxygen atoms in total. The van der Waals surface area contributed by atoms with Gasteiger partial charge < -0.3 is 9.73 Å². The van der Waals surface area contributed by atoms with Gasteiger partial charge >= 0.3 is 0 Å². The molecule has 0 spiro atoms. The lowest BCUT2D eigenvalue weighted by molar-refractivity contribution is 0.580. The van der Waals surface area contributed by atoms with Crippen LogP contribution in [0.4, 0.5) is 23.7 Å². The summed E-state index contributed by atoms with van der Waals surface area (Å²) in [6, 6.07) is 5.42. The minimum absolute atomic E-state index is 0.320. The molecule has 23 heavy (non-hydrogen) atoms. The first-order chi connectivity index (χ1) is 11.4. The first-order valence-electron chi connectivity index (χ1n) is 6.54. The first-order valence-corrected chi connectivity index (χ1v) is 6.54. The molecular formula is C12H10N10O. The molecule has 0 bridgehead atoms. The van der Waals surface area contributed by atoms with Crippen LogP contribution in [0.5, 0.6) is 0 Å². The first kappa shape index (κ1) is 12.9. The van der Waals surface area contributed by atoms with E-state index in [4.69, 9.17) is 4.42 Å². The lowest BCUT2D eigenvalue weighted by Gasteiger charge is -2.03. The van der Waals surface area contributed by atoms with Gasteiger partial charge in [-0.25, -0.2) is 15.1 Å². The zero-order chi connectivity index (χ0) is 15.5. The second kappa shape index (κ2) is 5.55. The maximum absolute atomic E-state index is 5.29. The summed E-state index contributed by atoms with van der Waals surface area (Å²) < 4.78 is 5.29. The van der Waals surface area contributed by atoms with E-state index in [-0.39, 0.29) is 0 Å². The fraction of sp³-hybridized carbons (Fsp3) is 0. The van der Waals surface area contributed by atoms with Gasteiger partial charge in [0.1, 0.15) is 18.3 Å². The van der Waals surface area contributed by atoms with Crippen LogP contribution in [0, 0.1) is 0 Å². The van der Waals surface area contributed by atoms with Crippen LogP contribution in [0.3, 0.4) is 0 Å². The molecule has 0 atom stereocenters. The molecule has 0 aromatic carbocycles. The molecule has 0 aliphatic heterocycles. The standard InChI is InChI=1S/C12H10N10O/c1-2-8(23-3-1)7-4-9(21-20-7)17-10-13-5-14-11(18-10)19-12-15-6-16-22-12/h1-6H,(H4,13,14,15,16,17,18,19,20,21,22). The number of nitrogens with one attached hydrogen (secondary N) is 4. The number of anilines is 4. The van der Waals surface area contributed by atoms with Crippen molar-refractivity contribution in [2.24, 2.45) is 0 Å². The van der Waals surface area contributed by atoms with Gasteiger partial charge in [-0.15, -0.1) is 0 Å². The highest BCUT2D eigenvalue weighted by Crippen LogP contribution is 2.21. The third-order valence-corrected chi connectivity index (χ3v) is 2.82. The number of rotatable bonds is 5. The number of furan rings is 1. The van der Waals surface area contributed by atoms with Crippen molar-refractivity contribution in [2.75, 3.05) is 10.6 Å². The highest BCUT2D eigenvalue weighted by atomic mass is 16.3. The van der Waals surface area contributed by atoms with Gasteiger partial charge in [0.15, 0.2) is 11.6 Å². The second-order valence-corrected chi connectivity index (χ2v) is 4.36. The van der Waals surface area contributed by atoms with Crippen LogP contribution in [0.1, 0.15) is 0 Å². The van der Waals surface area contributed by atoms with Crippen molar-refractivity contribution in [2.45, 2.75) is 0 Å².